The molecule has 0 saturated heterocycles. The van der Waals surface area contributed by atoms with Crippen molar-refractivity contribution in [1.82, 2.24) is 0 Å². The first-order valence-electron chi connectivity index (χ1n) is 16.0. The highest BCUT2D eigenvalue weighted by molar-refractivity contribution is 5.81. The molecule has 2 rings (SSSR count). The molecule has 2 aromatic rings. The summed E-state index contributed by atoms with van der Waals surface area (Å²) in [6.07, 6.45) is 1.37. The minimum atomic E-state index is -0.934. The van der Waals surface area contributed by atoms with Gasteiger partial charge in [-0.1, -0.05) is 103 Å². The molecule has 11 nitrogen and oxygen atoms in total. The smallest absolute Gasteiger partial charge is 0.309 e. The van der Waals surface area contributed by atoms with Crippen LogP contribution in [0.25, 0.3) is 0 Å². The van der Waals surface area contributed by atoms with E-state index in [0.29, 0.717) is 12.8 Å². The molecule has 49 heavy (non-hydrogen) atoms. The Labute approximate surface area is 292 Å². The van der Waals surface area contributed by atoms with Crippen molar-refractivity contribution in [3.63, 3.8) is 0 Å². The van der Waals surface area contributed by atoms with E-state index in [1.165, 1.54) is 0 Å². The highest BCUT2D eigenvalue weighted by Crippen LogP contribution is 2.20. The molecule has 0 aliphatic rings. The molecule has 0 heterocycles. The molecule has 0 unspecified atom stereocenters. The highest BCUT2D eigenvalue weighted by atomic mass is 16.5. The largest absolute Gasteiger partial charge is 0.481 e. The highest BCUT2D eigenvalue weighted by Gasteiger charge is 2.28. The van der Waals surface area contributed by atoms with Gasteiger partial charge in [-0.15, -0.1) is 0 Å². The van der Waals surface area contributed by atoms with Crippen LogP contribution in [0.4, 0.5) is 0 Å². The van der Waals surface area contributed by atoms with E-state index in [1.54, 1.807) is 0 Å². The summed E-state index contributed by atoms with van der Waals surface area (Å²) in [5, 5.41) is 17.2. The zero-order chi connectivity index (χ0) is 35.0. The molecule has 11 heteroatoms. The Morgan fingerprint density at radius 3 is 1.33 bits per heavy atom. The number of hydrogen-bond acceptors (Lipinski definition) is 10. The molecular formula is C38H58O11. The van der Waals surface area contributed by atoms with E-state index in [0.717, 1.165) is 11.1 Å². The SMILES string of the molecule is C.C.CC(C)[C@H](CC(=O)OCc1ccccc1)C(=O)OCCCC(=O)O.CC(C)[C@H](CC(=O)OCc1ccccc1)C(=O)OCCCCO. The molecule has 0 aromatic heterocycles. The second-order valence-electron chi connectivity index (χ2n) is 11.7. The molecule has 2 N–H and O–H groups in total. The Hall–Kier alpha value is -4.25. The Kier molecular flexibility index (Phi) is 26.5. The van der Waals surface area contributed by atoms with Crippen LogP contribution in [0.3, 0.4) is 0 Å². The van der Waals surface area contributed by atoms with Gasteiger partial charge in [0, 0.05) is 13.0 Å². The van der Waals surface area contributed by atoms with E-state index in [4.69, 9.17) is 29.2 Å². The van der Waals surface area contributed by atoms with Gasteiger partial charge in [0.15, 0.2) is 0 Å². The molecular weight excluding hydrogens is 632 g/mol. The number of carboxylic acids is 1. The number of rotatable bonds is 20. The number of carbonyl (C=O) groups is 5. The second-order valence-corrected chi connectivity index (χ2v) is 11.7. The van der Waals surface area contributed by atoms with Crippen molar-refractivity contribution in [3.05, 3.63) is 71.8 Å². The summed E-state index contributed by atoms with van der Waals surface area (Å²) in [5.74, 6) is -3.87. The zero-order valence-corrected chi connectivity index (χ0v) is 27.9. The fraction of sp³-hybridized carbons (Fsp3) is 0.553. The summed E-state index contributed by atoms with van der Waals surface area (Å²) < 4.78 is 20.7. The number of unbranched alkanes of at least 4 members (excludes halogenated alkanes) is 1. The number of carboxylic acid groups (broad SMARTS) is 1. The number of aliphatic carboxylic acids is 1. The normalized spacial score (nSPS) is 11.4. The molecule has 0 fully saturated rings. The standard InChI is InChI=1S/C18H24O6.C18H26O5.2CH4/c1-13(2)15(18(22)23-10-6-9-16(19)20)11-17(21)24-12-14-7-4-3-5-8-14;1-14(2)16(18(21)22-11-7-6-10-19)12-17(20)23-13-15-8-4-3-5-9-15;;/h3-5,7-8,13,15H,6,9-12H2,1-2H3,(H,19,20);3-5,8-9,14,16,19H,6-7,10-13H2,1-2H3;2*1H4/t15-;16-;;/m00../s1. The van der Waals surface area contributed by atoms with E-state index >= 15 is 0 Å². The first-order chi connectivity index (χ1) is 22.4. The van der Waals surface area contributed by atoms with E-state index in [2.05, 4.69) is 0 Å². The number of esters is 4. The van der Waals surface area contributed by atoms with E-state index in [1.807, 2.05) is 88.4 Å². The van der Waals surface area contributed by atoms with Crippen molar-refractivity contribution >= 4 is 29.8 Å². The third-order valence-electron chi connectivity index (χ3n) is 7.05. The van der Waals surface area contributed by atoms with Gasteiger partial charge in [0.05, 0.1) is 37.9 Å². The van der Waals surface area contributed by atoms with Gasteiger partial charge in [-0.05, 0) is 42.2 Å². The molecule has 0 radical (unpaired) electrons. The lowest BCUT2D eigenvalue weighted by Crippen LogP contribution is -2.26. The first-order valence-corrected chi connectivity index (χ1v) is 16.0. The van der Waals surface area contributed by atoms with Crippen molar-refractivity contribution in [2.45, 2.75) is 94.3 Å². The number of ether oxygens (including phenoxy) is 4. The summed E-state index contributed by atoms with van der Waals surface area (Å²) >= 11 is 0. The molecule has 0 aliphatic carbocycles. The van der Waals surface area contributed by atoms with Gasteiger partial charge in [-0.2, -0.15) is 0 Å². The third kappa shape index (κ3) is 22.1. The summed E-state index contributed by atoms with van der Waals surface area (Å²) in [7, 11) is 0. The van der Waals surface area contributed by atoms with Gasteiger partial charge in [-0.3, -0.25) is 24.0 Å². The number of aliphatic hydroxyl groups is 1. The zero-order valence-electron chi connectivity index (χ0n) is 27.9. The van der Waals surface area contributed by atoms with Crippen LogP contribution in [-0.4, -0.2) is 59.9 Å². The fourth-order valence-corrected chi connectivity index (χ4v) is 4.13. The van der Waals surface area contributed by atoms with Gasteiger partial charge in [0.25, 0.3) is 0 Å². The quantitative estimate of drug-likeness (QED) is 0.0855. The maximum absolute atomic E-state index is 12.1. The average Bonchev–Trinajstić information content (AvgIpc) is 3.05. The van der Waals surface area contributed by atoms with Crippen molar-refractivity contribution in [2.24, 2.45) is 23.7 Å². The molecule has 0 bridgehead atoms. The van der Waals surface area contributed by atoms with Crippen molar-refractivity contribution in [1.29, 1.82) is 0 Å². The van der Waals surface area contributed by atoms with E-state index < -0.39 is 35.7 Å². The van der Waals surface area contributed by atoms with Crippen LogP contribution in [0.1, 0.15) is 92.2 Å². The number of hydrogen-bond donors (Lipinski definition) is 2. The minimum absolute atomic E-state index is 0. The topological polar surface area (TPSA) is 163 Å². The maximum Gasteiger partial charge on any atom is 0.309 e. The monoisotopic (exact) mass is 690 g/mol. The summed E-state index contributed by atoms with van der Waals surface area (Å²) in [4.78, 5) is 58.4. The molecule has 276 valence electrons. The number of aliphatic hydroxyl groups excluding tert-OH is 1. The van der Waals surface area contributed by atoms with Crippen molar-refractivity contribution in [3.8, 4) is 0 Å². The van der Waals surface area contributed by atoms with Gasteiger partial charge in [0.2, 0.25) is 0 Å². The lowest BCUT2D eigenvalue weighted by atomic mass is 9.93. The van der Waals surface area contributed by atoms with Crippen molar-refractivity contribution in [2.75, 3.05) is 19.8 Å². The molecule has 0 saturated carbocycles. The van der Waals surface area contributed by atoms with Gasteiger partial charge < -0.3 is 29.2 Å². The lowest BCUT2D eigenvalue weighted by molar-refractivity contribution is -0.157. The van der Waals surface area contributed by atoms with Crippen LogP contribution in [0.15, 0.2) is 60.7 Å². The van der Waals surface area contributed by atoms with Gasteiger partial charge >= 0.3 is 29.8 Å². The maximum atomic E-state index is 12.1. The summed E-state index contributed by atoms with van der Waals surface area (Å²) in [5.41, 5.74) is 1.79. The van der Waals surface area contributed by atoms with Crippen LogP contribution >= 0.6 is 0 Å². The van der Waals surface area contributed by atoms with Crippen LogP contribution in [0.5, 0.6) is 0 Å². The fourth-order valence-electron chi connectivity index (χ4n) is 4.13. The van der Waals surface area contributed by atoms with Crippen LogP contribution in [0, 0.1) is 23.7 Å². The third-order valence-corrected chi connectivity index (χ3v) is 7.05. The van der Waals surface area contributed by atoms with Gasteiger partial charge in [0.1, 0.15) is 13.2 Å². The van der Waals surface area contributed by atoms with Crippen LogP contribution < -0.4 is 0 Å². The molecule has 0 amide bonds. The predicted molar refractivity (Wildman–Crippen MR) is 187 cm³/mol. The second kappa shape index (κ2) is 27.7. The molecule has 0 aliphatic heterocycles. The first kappa shape index (κ1) is 46.9. The molecule has 2 atom stereocenters. The average molecular weight is 691 g/mol. The van der Waals surface area contributed by atoms with Gasteiger partial charge in [-0.25, -0.2) is 0 Å². The van der Waals surface area contributed by atoms with E-state index in [9.17, 15) is 24.0 Å². The summed E-state index contributed by atoms with van der Waals surface area (Å²) in [6, 6.07) is 18.7. The Balaban J connectivity index is 0. The Morgan fingerprint density at radius 1 is 0.592 bits per heavy atom. The predicted octanol–water partition coefficient (Wildman–Crippen LogP) is 6.78. The van der Waals surface area contributed by atoms with Crippen molar-refractivity contribution < 1.29 is 53.1 Å². The lowest BCUT2D eigenvalue weighted by Gasteiger charge is -2.18. The Morgan fingerprint density at radius 2 is 0.980 bits per heavy atom. The summed E-state index contributed by atoms with van der Waals surface area (Å²) in [6.45, 7) is 8.16. The Bertz CT molecular complexity index is 1200. The van der Waals surface area contributed by atoms with Crippen LogP contribution in [0.2, 0.25) is 0 Å². The minimum Gasteiger partial charge on any atom is -0.481 e. The van der Waals surface area contributed by atoms with E-state index in [-0.39, 0.29) is 91.4 Å². The van der Waals surface area contributed by atoms with Crippen LogP contribution in [-0.2, 0) is 56.1 Å². The number of carbonyl (C=O) groups excluding carboxylic acids is 4. The number of benzene rings is 2. The molecule has 0 spiro atoms. The molecule has 2 aromatic carbocycles.